The van der Waals surface area contributed by atoms with E-state index in [0.29, 0.717) is 32.7 Å². The maximum atomic E-state index is 12.8. The summed E-state index contributed by atoms with van der Waals surface area (Å²) in [4.78, 5) is 37.3. The third-order valence-electron chi connectivity index (χ3n) is 5.07. The van der Waals surface area contributed by atoms with Gasteiger partial charge in [-0.15, -0.1) is 0 Å². The zero-order chi connectivity index (χ0) is 24.6. The molecule has 176 valence electrons. The zero-order valence-electron chi connectivity index (χ0n) is 19.5. The van der Waals surface area contributed by atoms with E-state index in [1.807, 2.05) is 38.1 Å². The quantitative estimate of drug-likeness (QED) is 0.548. The van der Waals surface area contributed by atoms with Crippen LogP contribution in [0.4, 0.5) is 11.4 Å². The van der Waals surface area contributed by atoms with E-state index < -0.39 is 11.9 Å². The highest BCUT2D eigenvalue weighted by Crippen LogP contribution is 2.52. The van der Waals surface area contributed by atoms with Gasteiger partial charge in [0.1, 0.15) is 22.9 Å². The minimum atomic E-state index is -0.638. The molecule has 0 aromatic heterocycles. The number of fused-ring (bicyclic) bond motifs is 2. The van der Waals surface area contributed by atoms with Gasteiger partial charge < -0.3 is 18.9 Å². The van der Waals surface area contributed by atoms with Crippen molar-refractivity contribution in [2.45, 2.75) is 23.6 Å². The Bertz CT molecular complexity index is 1210. The van der Waals surface area contributed by atoms with Crippen LogP contribution in [0.3, 0.4) is 0 Å². The van der Waals surface area contributed by atoms with Crippen molar-refractivity contribution in [3.63, 3.8) is 0 Å². The molecule has 0 saturated carbocycles. The molecule has 2 aliphatic heterocycles. The van der Waals surface area contributed by atoms with Crippen molar-refractivity contribution in [1.82, 2.24) is 0 Å². The molecular weight excluding hydrogens is 476 g/mol. The van der Waals surface area contributed by atoms with E-state index in [9.17, 15) is 9.59 Å². The van der Waals surface area contributed by atoms with Crippen molar-refractivity contribution >= 4 is 58.3 Å². The summed E-state index contributed by atoms with van der Waals surface area (Å²) in [5, 5.41) is 0. The van der Waals surface area contributed by atoms with E-state index in [0.717, 1.165) is 20.9 Å². The second-order valence-electron chi connectivity index (χ2n) is 7.39. The van der Waals surface area contributed by atoms with Crippen LogP contribution in [0.15, 0.2) is 53.9 Å². The lowest BCUT2D eigenvalue weighted by molar-refractivity contribution is -0.133. The summed E-state index contributed by atoms with van der Waals surface area (Å²) in [6.45, 7) is 3.88. The van der Waals surface area contributed by atoms with Crippen LogP contribution < -0.4 is 9.47 Å². The maximum absolute atomic E-state index is 12.8. The van der Waals surface area contributed by atoms with Crippen molar-refractivity contribution < 1.29 is 28.5 Å². The van der Waals surface area contributed by atoms with Gasteiger partial charge in [0.15, 0.2) is 11.4 Å². The second-order valence-corrected chi connectivity index (χ2v) is 9.50. The number of hydrogen-bond acceptors (Lipinski definition) is 10. The lowest BCUT2D eigenvalue weighted by atomic mass is 10.1. The van der Waals surface area contributed by atoms with E-state index in [1.54, 1.807) is 14.2 Å². The highest BCUT2D eigenvalue weighted by Gasteiger charge is 2.36. The molecule has 0 N–H and O–H groups in total. The Morgan fingerprint density at radius 2 is 1.06 bits per heavy atom. The Morgan fingerprint density at radius 1 is 0.676 bits per heavy atom. The summed E-state index contributed by atoms with van der Waals surface area (Å²) in [6.07, 6.45) is 0. The van der Waals surface area contributed by atoms with Crippen LogP contribution in [0.5, 0.6) is 11.5 Å². The van der Waals surface area contributed by atoms with Gasteiger partial charge in [-0.25, -0.2) is 19.6 Å². The molecular formula is C24H22N2O6S2. The van der Waals surface area contributed by atoms with Crippen molar-refractivity contribution in [3.05, 3.63) is 45.2 Å². The number of aryl methyl sites for hydroxylation is 2. The summed E-state index contributed by atoms with van der Waals surface area (Å²) >= 11 is 2.61. The number of methoxy groups -OCH3 is 4. The number of rotatable bonds is 4. The van der Waals surface area contributed by atoms with Crippen molar-refractivity contribution in [1.29, 1.82) is 0 Å². The molecule has 0 bridgehead atoms. The Hall–Kier alpha value is -3.24. The topological polar surface area (TPSA) is 95.8 Å². The molecule has 0 amide bonds. The Morgan fingerprint density at radius 3 is 1.38 bits per heavy atom. The number of esters is 2. The van der Waals surface area contributed by atoms with Gasteiger partial charge in [0.05, 0.1) is 38.2 Å². The number of hydrogen-bond donors (Lipinski definition) is 0. The number of ether oxygens (including phenoxy) is 4. The van der Waals surface area contributed by atoms with Crippen LogP contribution in [0.25, 0.3) is 0 Å². The Kier molecular flexibility index (Phi) is 6.72. The van der Waals surface area contributed by atoms with E-state index in [4.69, 9.17) is 18.9 Å². The number of nitrogens with zero attached hydrogens (tertiary/aromatic N) is 2. The molecule has 4 rings (SSSR count). The minimum Gasteiger partial charge on any atom is -0.494 e. The molecule has 0 spiro atoms. The SMILES string of the molecule is COC(=O)C1=Nc2c(OC)cc(C)cc2S/C1=C1\Sc2cc(C)cc(OC)c2N=C1C(=O)OC. The Labute approximate surface area is 205 Å². The third kappa shape index (κ3) is 4.19. The standard InChI is InChI=1S/C24H22N2O6S2/c1-11-7-13(29-3)17-15(9-11)33-21(19(25-17)23(27)31-5)22-20(24(28)32-6)26-18-14(30-4)8-12(2)10-16(18)34-22/h7-10H,1-6H3/b22-21-. The van der Waals surface area contributed by atoms with E-state index in [1.165, 1.54) is 37.7 Å². The van der Waals surface area contributed by atoms with Crippen LogP contribution in [0, 0.1) is 13.8 Å². The van der Waals surface area contributed by atoms with Gasteiger partial charge in [-0.2, -0.15) is 0 Å². The summed E-state index contributed by atoms with van der Waals surface area (Å²) in [5.41, 5.74) is 3.10. The van der Waals surface area contributed by atoms with Crippen LogP contribution >= 0.6 is 23.5 Å². The summed E-state index contributed by atoms with van der Waals surface area (Å²) < 4.78 is 21.0. The summed E-state index contributed by atoms with van der Waals surface area (Å²) in [5.74, 6) is -0.199. The minimum absolute atomic E-state index is 0.0596. The molecule has 0 fully saturated rings. The van der Waals surface area contributed by atoms with Gasteiger partial charge >= 0.3 is 11.9 Å². The number of benzene rings is 2. The first kappa shape index (κ1) is 23.9. The summed E-state index contributed by atoms with van der Waals surface area (Å²) in [7, 11) is 5.67. The molecule has 0 aliphatic carbocycles. The Balaban J connectivity index is 2.01. The molecule has 2 aromatic rings. The van der Waals surface area contributed by atoms with Crippen LogP contribution in [-0.2, 0) is 19.1 Å². The van der Waals surface area contributed by atoms with Crippen molar-refractivity contribution in [2.75, 3.05) is 28.4 Å². The first-order chi connectivity index (χ1) is 16.3. The third-order valence-corrected chi connectivity index (χ3v) is 7.47. The van der Waals surface area contributed by atoms with Gasteiger partial charge in [-0.05, 0) is 49.2 Å². The average Bonchev–Trinajstić information content (AvgIpc) is 2.84. The molecule has 8 nitrogen and oxygen atoms in total. The molecule has 34 heavy (non-hydrogen) atoms. The number of aliphatic imine (C=N–C) groups is 2. The molecule has 0 atom stereocenters. The fraction of sp³-hybridized carbons (Fsp3) is 0.250. The molecule has 0 unspecified atom stereocenters. The molecule has 2 heterocycles. The largest absolute Gasteiger partial charge is 0.494 e. The van der Waals surface area contributed by atoms with Gasteiger partial charge in [0.25, 0.3) is 0 Å². The lowest BCUT2D eigenvalue weighted by Gasteiger charge is -2.25. The van der Waals surface area contributed by atoms with E-state index in [2.05, 4.69) is 9.98 Å². The zero-order valence-corrected chi connectivity index (χ0v) is 21.1. The first-order valence-electron chi connectivity index (χ1n) is 10.1. The highest BCUT2D eigenvalue weighted by molar-refractivity contribution is 8.08. The summed E-state index contributed by atoms with van der Waals surface area (Å²) in [6, 6.07) is 7.59. The van der Waals surface area contributed by atoms with Gasteiger partial charge in [0.2, 0.25) is 0 Å². The van der Waals surface area contributed by atoms with Crippen LogP contribution in [0.2, 0.25) is 0 Å². The van der Waals surface area contributed by atoms with Crippen LogP contribution in [0.1, 0.15) is 11.1 Å². The molecule has 2 aromatic carbocycles. The maximum Gasteiger partial charge on any atom is 0.357 e. The predicted molar refractivity (Wildman–Crippen MR) is 132 cm³/mol. The molecule has 0 saturated heterocycles. The lowest BCUT2D eigenvalue weighted by Crippen LogP contribution is -2.25. The second kappa shape index (κ2) is 9.55. The van der Waals surface area contributed by atoms with Crippen molar-refractivity contribution in [3.8, 4) is 11.5 Å². The van der Waals surface area contributed by atoms with Crippen molar-refractivity contribution in [2.24, 2.45) is 9.98 Å². The van der Waals surface area contributed by atoms with Crippen LogP contribution in [-0.4, -0.2) is 51.8 Å². The van der Waals surface area contributed by atoms with Gasteiger partial charge in [0, 0.05) is 9.79 Å². The smallest absolute Gasteiger partial charge is 0.357 e. The number of carbonyl (C=O) groups is 2. The van der Waals surface area contributed by atoms with Gasteiger partial charge in [-0.1, -0.05) is 23.5 Å². The number of carbonyl (C=O) groups excluding carboxylic acids is 2. The number of thioether (sulfide) groups is 2. The molecule has 10 heteroatoms. The van der Waals surface area contributed by atoms with E-state index in [-0.39, 0.29) is 11.4 Å². The fourth-order valence-electron chi connectivity index (χ4n) is 3.53. The molecule has 0 radical (unpaired) electrons. The first-order valence-corrected chi connectivity index (χ1v) is 11.8. The van der Waals surface area contributed by atoms with Gasteiger partial charge in [-0.3, -0.25) is 0 Å². The average molecular weight is 499 g/mol. The fourth-order valence-corrected chi connectivity index (χ4v) is 6.03. The van der Waals surface area contributed by atoms with E-state index >= 15 is 0 Å². The monoisotopic (exact) mass is 498 g/mol. The molecule has 2 aliphatic rings. The normalized spacial score (nSPS) is 16.5. The highest BCUT2D eigenvalue weighted by atomic mass is 32.2. The predicted octanol–water partition coefficient (Wildman–Crippen LogP) is 4.93.